The molecule has 0 saturated carbocycles. The Morgan fingerprint density at radius 3 is 2.44 bits per heavy atom. The molecular weight excluding hydrogens is 613 g/mol. The van der Waals surface area contributed by atoms with Gasteiger partial charge < -0.3 is 10.2 Å². The Kier molecular flexibility index (Phi) is 12.6. The summed E-state index contributed by atoms with van der Waals surface area (Å²) in [6.07, 6.45) is 1.48. The van der Waals surface area contributed by atoms with E-state index in [4.69, 9.17) is 11.6 Å². The van der Waals surface area contributed by atoms with Crippen LogP contribution in [0, 0.1) is 5.82 Å². The zero-order valence-corrected chi connectivity index (χ0v) is 26.4. The van der Waals surface area contributed by atoms with E-state index in [1.54, 1.807) is 18.2 Å². The van der Waals surface area contributed by atoms with E-state index in [-0.39, 0.29) is 64.6 Å². The van der Waals surface area contributed by atoms with Gasteiger partial charge in [0.25, 0.3) is 10.0 Å². The summed E-state index contributed by atoms with van der Waals surface area (Å²) < 4.78 is 42.6. The lowest BCUT2D eigenvalue weighted by Crippen LogP contribution is -2.36. The number of nitrogens with one attached hydrogen (secondary N) is 2. The molecule has 3 rings (SSSR count). The molecule has 0 aliphatic carbocycles. The van der Waals surface area contributed by atoms with E-state index < -0.39 is 21.7 Å². The minimum Gasteiger partial charge on any atom is -0.355 e. The molecule has 1 atom stereocenters. The molecular formula is C31H35ClFN3O5S2. The molecule has 0 unspecified atom stereocenters. The van der Waals surface area contributed by atoms with Crippen LogP contribution >= 0.6 is 24.2 Å². The number of thiol groups is 1. The van der Waals surface area contributed by atoms with Gasteiger partial charge in [-0.05, 0) is 48.2 Å². The van der Waals surface area contributed by atoms with Gasteiger partial charge in [-0.1, -0.05) is 61.0 Å². The molecule has 12 heteroatoms. The summed E-state index contributed by atoms with van der Waals surface area (Å²) in [6.45, 7) is 3.30. The van der Waals surface area contributed by atoms with Crippen LogP contribution in [0.4, 0.5) is 4.39 Å². The van der Waals surface area contributed by atoms with E-state index in [9.17, 15) is 22.8 Å². The van der Waals surface area contributed by atoms with Gasteiger partial charge in [-0.25, -0.2) is 17.5 Å². The van der Waals surface area contributed by atoms with E-state index in [2.05, 4.69) is 17.9 Å². The average molecular weight is 648 g/mol. The van der Waals surface area contributed by atoms with Crippen LogP contribution in [0.1, 0.15) is 44.2 Å². The third kappa shape index (κ3) is 10.4. The second-order valence-corrected chi connectivity index (χ2v) is 12.9. The number of nitrogens with zero attached hydrogens (tertiary/aromatic N) is 1. The second kappa shape index (κ2) is 15.9. The van der Waals surface area contributed by atoms with E-state index in [1.807, 2.05) is 29.8 Å². The lowest BCUT2D eigenvalue weighted by molar-refractivity contribution is -0.132. The van der Waals surface area contributed by atoms with Crippen LogP contribution < -0.4 is 10.0 Å². The minimum atomic E-state index is -4.16. The van der Waals surface area contributed by atoms with Crippen molar-refractivity contribution in [2.24, 2.45) is 0 Å². The number of amides is 3. The van der Waals surface area contributed by atoms with Crippen LogP contribution in [-0.2, 0) is 37.4 Å². The predicted octanol–water partition coefficient (Wildman–Crippen LogP) is 5.15. The summed E-state index contributed by atoms with van der Waals surface area (Å²) >= 11 is 10.6. The highest BCUT2D eigenvalue weighted by Gasteiger charge is 2.22. The van der Waals surface area contributed by atoms with Crippen molar-refractivity contribution in [2.45, 2.75) is 56.2 Å². The molecule has 3 aromatic carbocycles. The van der Waals surface area contributed by atoms with Crippen molar-refractivity contribution in [3.8, 4) is 11.1 Å². The SMILES string of the molecule is CCCC(=O)N(CCC(=O)NC[C@@H](S)Cc1cccc(Cl)c1)Cc1ccc(-c2ccccc2S(=O)(=O)NC(C)=O)cc1F. The van der Waals surface area contributed by atoms with Crippen molar-refractivity contribution in [1.82, 2.24) is 14.9 Å². The van der Waals surface area contributed by atoms with Crippen molar-refractivity contribution >= 4 is 52.0 Å². The van der Waals surface area contributed by atoms with E-state index in [1.165, 1.54) is 35.2 Å². The molecule has 2 N–H and O–H groups in total. The van der Waals surface area contributed by atoms with Crippen LogP contribution in [0.2, 0.25) is 5.02 Å². The minimum absolute atomic E-state index is 0.0290. The molecule has 230 valence electrons. The molecule has 0 bridgehead atoms. The zero-order valence-electron chi connectivity index (χ0n) is 24.0. The average Bonchev–Trinajstić information content (AvgIpc) is 2.94. The number of sulfonamides is 1. The van der Waals surface area contributed by atoms with Crippen LogP contribution in [0.3, 0.4) is 0 Å². The summed E-state index contributed by atoms with van der Waals surface area (Å²) in [5.74, 6) is -1.85. The van der Waals surface area contributed by atoms with Gasteiger partial charge in [-0.15, -0.1) is 0 Å². The van der Waals surface area contributed by atoms with Gasteiger partial charge in [0.2, 0.25) is 17.7 Å². The molecule has 8 nitrogen and oxygen atoms in total. The fraction of sp³-hybridized carbons (Fsp3) is 0.323. The maximum Gasteiger partial charge on any atom is 0.264 e. The van der Waals surface area contributed by atoms with Gasteiger partial charge in [0.1, 0.15) is 5.82 Å². The molecule has 0 radical (unpaired) electrons. The first-order valence-electron chi connectivity index (χ1n) is 13.8. The highest BCUT2D eigenvalue weighted by Crippen LogP contribution is 2.29. The monoisotopic (exact) mass is 647 g/mol. The maximum absolute atomic E-state index is 15.3. The van der Waals surface area contributed by atoms with Gasteiger partial charge in [0, 0.05) is 60.8 Å². The zero-order chi connectivity index (χ0) is 31.6. The molecule has 0 aliphatic rings. The normalized spacial score (nSPS) is 11.9. The lowest BCUT2D eigenvalue weighted by Gasteiger charge is -2.23. The summed E-state index contributed by atoms with van der Waals surface area (Å²) in [7, 11) is -4.16. The van der Waals surface area contributed by atoms with Crippen molar-refractivity contribution in [3.63, 3.8) is 0 Å². The Hall–Kier alpha value is -3.41. The number of hydrogen-bond acceptors (Lipinski definition) is 6. The summed E-state index contributed by atoms with van der Waals surface area (Å²) in [5.41, 5.74) is 1.72. The highest BCUT2D eigenvalue weighted by atomic mass is 35.5. The van der Waals surface area contributed by atoms with Crippen molar-refractivity contribution in [3.05, 3.63) is 88.7 Å². The third-order valence-electron chi connectivity index (χ3n) is 6.50. The fourth-order valence-corrected chi connectivity index (χ4v) is 6.20. The molecule has 3 amide bonds. The van der Waals surface area contributed by atoms with Gasteiger partial charge in [-0.2, -0.15) is 12.6 Å². The molecule has 0 heterocycles. The van der Waals surface area contributed by atoms with Crippen LogP contribution in [-0.4, -0.2) is 49.4 Å². The molecule has 0 fully saturated rings. The number of halogens is 2. The number of rotatable bonds is 14. The third-order valence-corrected chi connectivity index (χ3v) is 8.59. The maximum atomic E-state index is 15.3. The number of benzene rings is 3. The van der Waals surface area contributed by atoms with Crippen LogP contribution in [0.15, 0.2) is 71.6 Å². The molecule has 0 aliphatic heterocycles. The Balaban J connectivity index is 1.68. The number of carbonyl (C=O) groups excluding carboxylic acids is 3. The Bertz CT molecular complexity index is 1570. The molecule has 3 aromatic rings. The summed E-state index contributed by atoms with van der Waals surface area (Å²) in [4.78, 5) is 38.1. The quantitative estimate of drug-likeness (QED) is 0.210. The molecule has 0 saturated heterocycles. The number of hydrogen-bond donors (Lipinski definition) is 3. The second-order valence-electron chi connectivity index (χ2n) is 10.1. The summed E-state index contributed by atoms with van der Waals surface area (Å²) in [5, 5.41) is 3.33. The first-order chi connectivity index (χ1) is 20.4. The van der Waals surface area contributed by atoms with Gasteiger partial charge >= 0.3 is 0 Å². The standard InChI is InChI=1S/C31H35ClFN3O5S2/c1-3-7-31(39)36(15-14-30(38)34-19-26(42)17-22-8-6-9-25(32)16-22)20-24-13-12-23(18-28(24)33)27-10-4-5-11-29(27)43(40,41)35-21(2)37/h4-6,8-13,16,18,26,42H,3,7,14-15,17,19-20H2,1-2H3,(H,34,38)(H,35,37)/t26-/m0/s1. The predicted molar refractivity (Wildman–Crippen MR) is 169 cm³/mol. The van der Waals surface area contributed by atoms with Crippen LogP contribution in [0.25, 0.3) is 11.1 Å². The molecule has 0 aromatic heterocycles. The van der Waals surface area contributed by atoms with Gasteiger partial charge in [0.05, 0.1) is 4.90 Å². The van der Waals surface area contributed by atoms with Crippen LogP contribution in [0.5, 0.6) is 0 Å². The molecule has 0 spiro atoms. The largest absolute Gasteiger partial charge is 0.355 e. The number of carbonyl (C=O) groups is 3. The van der Waals surface area contributed by atoms with Crippen molar-refractivity contribution < 1.29 is 27.2 Å². The topological polar surface area (TPSA) is 113 Å². The van der Waals surface area contributed by atoms with Crippen molar-refractivity contribution in [1.29, 1.82) is 0 Å². The van der Waals surface area contributed by atoms with E-state index >= 15 is 4.39 Å². The smallest absolute Gasteiger partial charge is 0.264 e. The first kappa shape index (κ1) is 34.1. The van der Waals surface area contributed by atoms with E-state index in [0.717, 1.165) is 12.5 Å². The van der Waals surface area contributed by atoms with E-state index in [0.29, 0.717) is 24.4 Å². The van der Waals surface area contributed by atoms with Gasteiger partial charge in [-0.3, -0.25) is 14.4 Å². The lowest BCUT2D eigenvalue weighted by atomic mass is 10.0. The first-order valence-corrected chi connectivity index (χ1v) is 16.2. The van der Waals surface area contributed by atoms with Crippen molar-refractivity contribution in [2.75, 3.05) is 13.1 Å². The Morgan fingerprint density at radius 1 is 1.02 bits per heavy atom. The Labute approximate surface area is 262 Å². The van der Waals surface area contributed by atoms with Gasteiger partial charge in [0.15, 0.2) is 0 Å². The molecule has 43 heavy (non-hydrogen) atoms. The summed E-state index contributed by atoms with van der Waals surface area (Å²) in [6, 6.07) is 17.6. The fourth-order valence-electron chi connectivity index (χ4n) is 4.46. The Morgan fingerprint density at radius 2 is 1.77 bits per heavy atom. The highest BCUT2D eigenvalue weighted by molar-refractivity contribution is 7.90.